The van der Waals surface area contributed by atoms with Crippen LogP contribution in [0.5, 0.6) is 0 Å². The molecule has 0 unspecified atom stereocenters. The first-order valence-corrected chi connectivity index (χ1v) is 6.36. The van der Waals surface area contributed by atoms with Crippen LogP contribution < -0.4 is 5.32 Å². The standard InChI is InChI=1S/C15H23NO/c1-11(2)8-13-6-5-7-14(10-13)16-15(17)9-12(3)4/h5-7,10-12H,8-9H2,1-4H3,(H,16,17). The molecule has 0 radical (unpaired) electrons. The normalized spacial score (nSPS) is 10.9. The molecule has 1 aromatic carbocycles. The molecule has 0 atom stereocenters. The fraction of sp³-hybridized carbons (Fsp3) is 0.533. The van der Waals surface area contributed by atoms with Gasteiger partial charge in [-0.3, -0.25) is 4.79 Å². The molecule has 0 aromatic heterocycles. The molecule has 0 spiro atoms. The molecule has 2 nitrogen and oxygen atoms in total. The van der Waals surface area contributed by atoms with E-state index in [1.807, 2.05) is 12.1 Å². The van der Waals surface area contributed by atoms with Crippen molar-refractivity contribution in [3.8, 4) is 0 Å². The number of hydrogen-bond donors (Lipinski definition) is 1. The van der Waals surface area contributed by atoms with Gasteiger partial charge in [-0.05, 0) is 36.0 Å². The third-order valence-electron chi connectivity index (χ3n) is 2.45. The van der Waals surface area contributed by atoms with Crippen LogP contribution in [0.25, 0.3) is 0 Å². The zero-order valence-electron chi connectivity index (χ0n) is 11.3. The zero-order valence-corrected chi connectivity index (χ0v) is 11.3. The van der Waals surface area contributed by atoms with Gasteiger partial charge in [0, 0.05) is 12.1 Å². The van der Waals surface area contributed by atoms with Crippen LogP contribution >= 0.6 is 0 Å². The van der Waals surface area contributed by atoms with Crippen molar-refractivity contribution in [2.75, 3.05) is 5.32 Å². The number of anilines is 1. The minimum absolute atomic E-state index is 0.0988. The summed E-state index contributed by atoms with van der Waals surface area (Å²) in [4.78, 5) is 11.6. The molecule has 1 aromatic rings. The van der Waals surface area contributed by atoms with Crippen LogP contribution in [0.3, 0.4) is 0 Å². The van der Waals surface area contributed by atoms with Crippen LogP contribution in [-0.2, 0) is 11.2 Å². The van der Waals surface area contributed by atoms with Crippen molar-refractivity contribution in [2.45, 2.75) is 40.5 Å². The summed E-state index contributed by atoms with van der Waals surface area (Å²) in [5, 5.41) is 2.95. The third-order valence-corrected chi connectivity index (χ3v) is 2.45. The van der Waals surface area contributed by atoms with Crippen molar-refractivity contribution < 1.29 is 4.79 Å². The average Bonchev–Trinajstić information content (AvgIpc) is 2.14. The lowest BCUT2D eigenvalue weighted by Gasteiger charge is -2.10. The Balaban J connectivity index is 2.62. The summed E-state index contributed by atoms with van der Waals surface area (Å²) in [6, 6.07) is 8.13. The quantitative estimate of drug-likeness (QED) is 0.821. The molecular formula is C15H23NO. The zero-order chi connectivity index (χ0) is 12.8. The van der Waals surface area contributed by atoms with E-state index in [-0.39, 0.29) is 5.91 Å². The van der Waals surface area contributed by atoms with E-state index in [0.29, 0.717) is 18.3 Å². The van der Waals surface area contributed by atoms with Crippen molar-refractivity contribution in [1.29, 1.82) is 0 Å². The Morgan fingerprint density at radius 2 is 1.88 bits per heavy atom. The van der Waals surface area contributed by atoms with Crippen LogP contribution in [0.2, 0.25) is 0 Å². The topological polar surface area (TPSA) is 29.1 Å². The summed E-state index contributed by atoms with van der Waals surface area (Å²) < 4.78 is 0. The third kappa shape index (κ3) is 5.53. The maximum Gasteiger partial charge on any atom is 0.224 e. The van der Waals surface area contributed by atoms with Crippen molar-refractivity contribution in [3.63, 3.8) is 0 Å². The number of amides is 1. The summed E-state index contributed by atoms with van der Waals surface area (Å²) >= 11 is 0. The number of nitrogens with one attached hydrogen (secondary N) is 1. The second-order valence-corrected chi connectivity index (χ2v) is 5.44. The van der Waals surface area contributed by atoms with E-state index < -0.39 is 0 Å². The average molecular weight is 233 g/mol. The van der Waals surface area contributed by atoms with Crippen LogP contribution in [0.4, 0.5) is 5.69 Å². The summed E-state index contributed by atoms with van der Waals surface area (Å²) in [5.74, 6) is 1.13. The van der Waals surface area contributed by atoms with Gasteiger partial charge in [0.25, 0.3) is 0 Å². The maximum absolute atomic E-state index is 11.6. The second-order valence-electron chi connectivity index (χ2n) is 5.44. The lowest BCUT2D eigenvalue weighted by Crippen LogP contribution is -2.13. The summed E-state index contributed by atoms with van der Waals surface area (Å²) in [6.07, 6.45) is 1.63. The van der Waals surface area contributed by atoms with Crippen molar-refractivity contribution >= 4 is 11.6 Å². The van der Waals surface area contributed by atoms with E-state index in [1.54, 1.807) is 0 Å². The van der Waals surface area contributed by atoms with Crippen LogP contribution in [-0.4, -0.2) is 5.91 Å². The van der Waals surface area contributed by atoms with Crippen LogP contribution in [0, 0.1) is 11.8 Å². The Bertz CT molecular complexity index is 369. The first kappa shape index (κ1) is 13.8. The number of benzene rings is 1. The van der Waals surface area contributed by atoms with E-state index in [2.05, 4.69) is 45.1 Å². The number of carbonyl (C=O) groups excluding carboxylic acids is 1. The fourth-order valence-electron chi connectivity index (χ4n) is 1.83. The monoisotopic (exact) mass is 233 g/mol. The molecule has 0 aliphatic rings. The highest BCUT2D eigenvalue weighted by Gasteiger charge is 2.06. The van der Waals surface area contributed by atoms with Gasteiger partial charge in [-0.15, -0.1) is 0 Å². The summed E-state index contributed by atoms with van der Waals surface area (Å²) in [7, 11) is 0. The molecule has 1 rings (SSSR count). The van der Waals surface area contributed by atoms with E-state index in [4.69, 9.17) is 0 Å². The molecule has 94 valence electrons. The SMILES string of the molecule is CC(C)CC(=O)Nc1cccc(CC(C)C)c1. The highest BCUT2D eigenvalue weighted by atomic mass is 16.1. The molecule has 0 saturated carbocycles. The molecule has 0 heterocycles. The van der Waals surface area contributed by atoms with E-state index in [1.165, 1.54) is 5.56 Å². The van der Waals surface area contributed by atoms with Crippen molar-refractivity contribution in [2.24, 2.45) is 11.8 Å². The summed E-state index contributed by atoms with van der Waals surface area (Å²) in [5.41, 5.74) is 2.19. The Labute approximate surface area is 104 Å². The smallest absolute Gasteiger partial charge is 0.224 e. The predicted octanol–water partition coefficient (Wildman–Crippen LogP) is 3.87. The Kier molecular flexibility index (Phi) is 5.20. The molecular weight excluding hydrogens is 210 g/mol. The molecule has 17 heavy (non-hydrogen) atoms. The number of carbonyl (C=O) groups is 1. The minimum Gasteiger partial charge on any atom is -0.326 e. The number of hydrogen-bond acceptors (Lipinski definition) is 1. The van der Waals surface area contributed by atoms with Gasteiger partial charge in [0.05, 0.1) is 0 Å². The van der Waals surface area contributed by atoms with Crippen LogP contribution in [0.1, 0.15) is 39.7 Å². The Morgan fingerprint density at radius 1 is 1.18 bits per heavy atom. The molecule has 0 aliphatic heterocycles. The molecule has 1 N–H and O–H groups in total. The molecule has 0 bridgehead atoms. The van der Waals surface area contributed by atoms with Gasteiger partial charge < -0.3 is 5.32 Å². The fourth-order valence-corrected chi connectivity index (χ4v) is 1.83. The van der Waals surface area contributed by atoms with Gasteiger partial charge in [0.1, 0.15) is 0 Å². The second kappa shape index (κ2) is 6.43. The first-order chi connectivity index (χ1) is 7.97. The van der Waals surface area contributed by atoms with Gasteiger partial charge in [-0.25, -0.2) is 0 Å². The Morgan fingerprint density at radius 3 is 2.47 bits per heavy atom. The minimum atomic E-state index is 0.0988. The van der Waals surface area contributed by atoms with Gasteiger partial charge in [0.15, 0.2) is 0 Å². The largest absolute Gasteiger partial charge is 0.326 e. The van der Waals surface area contributed by atoms with Crippen LogP contribution in [0.15, 0.2) is 24.3 Å². The molecule has 0 saturated heterocycles. The van der Waals surface area contributed by atoms with Gasteiger partial charge in [0.2, 0.25) is 5.91 Å². The highest BCUT2D eigenvalue weighted by Crippen LogP contribution is 2.15. The van der Waals surface area contributed by atoms with Crippen molar-refractivity contribution in [3.05, 3.63) is 29.8 Å². The Hall–Kier alpha value is -1.31. The highest BCUT2D eigenvalue weighted by molar-refractivity contribution is 5.90. The van der Waals surface area contributed by atoms with E-state index >= 15 is 0 Å². The van der Waals surface area contributed by atoms with Gasteiger partial charge in [-0.2, -0.15) is 0 Å². The lowest BCUT2D eigenvalue weighted by molar-refractivity contribution is -0.116. The van der Waals surface area contributed by atoms with E-state index in [0.717, 1.165) is 12.1 Å². The predicted molar refractivity (Wildman–Crippen MR) is 73.1 cm³/mol. The molecule has 1 amide bonds. The number of rotatable bonds is 5. The molecule has 0 aliphatic carbocycles. The van der Waals surface area contributed by atoms with Crippen molar-refractivity contribution in [1.82, 2.24) is 0 Å². The van der Waals surface area contributed by atoms with Gasteiger partial charge >= 0.3 is 0 Å². The van der Waals surface area contributed by atoms with E-state index in [9.17, 15) is 4.79 Å². The maximum atomic E-state index is 11.6. The van der Waals surface area contributed by atoms with Gasteiger partial charge in [-0.1, -0.05) is 39.8 Å². The molecule has 2 heteroatoms. The first-order valence-electron chi connectivity index (χ1n) is 6.36. The summed E-state index contributed by atoms with van der Waals surface area (Å²) in [6.45, 7) is 8.50. The molecule has 0 fully saturated rings. The lowest BCUT2D eigenvalue weighted by atomic mass is 10.0.